The van der Waals surface area contributed by atoms with Gasteiger partial charge in [-0.1, -0.05) is 32.0 Å². The predicted octanol–water partition coefficient (Wildman–Crippen LogP) is 3.99. The molecule has 0 bridgehead atoms. The summed E-state index contributed by atoms with van der Waals surface area (Å²) in [5.74, 6) is 2.05. The molecule has 2 aromatic carbocycles. The summed E-state index contributed by atoms with van der Waals surface area (Å²) < 4.78 is 12.2. The number of rotatable bonds is 7. The molecule has 0 radical (unpaired) electrons. The van der Waals surface area contributed by atoms with Crippen molar-refractivity contribution in [3.8, 4) is 17.2 Å². The fourth-order valence-electron chi connectivity index (χ4n) is 2.93. The zero-order valence-corrected chi connectivity index (χ0v) is 16.6. The molecule has 1 heterocycles. The third-order valence-corrected chi connectivity index (χ3v) is 4.59. The van der Waals surface area contributed by atoms with Gasteiger partial charge in [0.25, 0.3) is 5.56 Å². The lowest BCUT2D eigenvalue weighted by molar-refractivity contribution is 0.354. The maximum atomic E-state index is 12.8. The molecule has 1 N–H and O–H groups in total. The zero-order valence-electron chi connectivity index (χ0n) is 16.6. The number of aromatic nitrogens is 2. The number of anilines is 1. The third kappa shape index (κ3) is 4.17. The summed E-state index contributed by atoms with van der Waals surface area (Å²) >= 11 is 0. The summed E-state index contributed by atoms with van der Waals surface area (Å²) in [6.45, 7) is 4.73. The fourth-order valence-corrected chi connectivity index (χ4v) is 2.93. The van der Waals surface area contributed by atoms with Gasteiger partial charge in [0.15, 0.2) is 17.3 Å². The van der Waals surface area contributed by atoms with Gasteiger partial charge in [-0.15, -0.1) is 0 Å². The van der Waals surface area contributed by atoms with Crippen LogP contribution in [0.2, 0.25) is 0 Å². The Kier molecular flexibility index (Phi) is 5.99. The third-order valence-electron chi connectivity index (χ3n) is 4.59. The second kappa shape index (κ2) is 8.61. The van der Waals surface area contributed by atoms with E-state index in [1.54, 1.807) is 31.2 Å². The fraction of sp³-hybridized carbons (Fsp3) is 0.273. The quantitative estimate of drug-likeness (QED) is 0.672. The topological polar surface area (TPSA) is 65.4 Å². The average molecular weight is 379 g/mol. The highest BCUT2D eigenvalue weighted by Gasteiger charge is 2.09. The lowest BCUT2D eigenvalue weighted by Gasteiger charge is -2.12. The van der Waals surface area contributed by atoms with Crippen LogP contribution < -0.4 is 20.3 Å². The van der Waals surface area contributed by atoms with Gasteiger partial charge in [-0.3, -0.25) is 9.36 Å². The van der Waals surface area contributed by atoms with Crippen molar-refractivity contribution in [2.75, 3.05) is 19.5 Å². The van der Waals surface area contributed by atoms with E-state index in [2.05, 4.69) is 24.1 Å². The molecule has 0 amide bonds. The summed E-state index contributed by atoms with van der Waals surface area (Å²) in [7, 11) is 3.19. The van der Waals surface area contributed by atoms with Gasteiger partial charge in [0, 0.05) is 24.6 Å². The molecular weight excluding hydrogens is 354 g/mol. The monoisotopic (exact) mass is 379 g/mol. The van der Waals surface area contributed by atoms with Crippen molar-refractivity contribution in [3.63, 3.8) is 0 Å². The van der Waals surface area contributed by atoms with Gasteiger partial charge in [-0.25, -0.2) is 4.98 Å². The average Bonchev–Trinajstić information content (AvgIpc) is 2.72. The van der Waals surface area contributed by atoms with Crippen LogP contribution in [0.15, 0.2) is 59.7 Å². The first-order valence-electron chi connectivity index (χ1n) is 9.16. The van der Waals surface area contributed by atoms with Crippen LogP contribution in [0.1, 0.15) is 30.9 Å². The van der Waals surface area contributed by atoms with Crippen molar-refractivity contribution < 1.29 is 9.47 Å². The smallest absolute Gasteiger partial charge is 0.297 e. The molecule has 0 spiro atoms. The van der Waals surface area contributed by atoms with Crippen molar-refractivity contribution in [2.45, 2.75) is 26.3 Å². The Morgan fingerprint density at radius 3 is 2.39 bits per heavy atom. The SMILES string of the molecule is COc1ccc(CNc2nccn(-c3ccc(C(C)C)cc3)c2=O)cc1OC. The van der Waals surface area contributed by atoms with E-state index in [4.69, 9.17) is 9.47 Å². The van der Waals surface area contributed by atoms with Gasteiger partial charge in [-0.2, -0.15) is 0 Å². The van der Waals surface area contributed by atoms with Gasteiger partial charge in [0.1, 0.15) is 0 Å². The summed E-state index contributed by atoms with van der Waals surface area (Å²) in [5, 5.41) is 3.12. The molecule has 0 saturated heterocycles. The van der Waals surface area contributed by atoms with Crippen LogP contribution in [-0.2, 0) is 6.54 Å². The minimum absolute atomic E-state index is 0.194. The summed E-state index contributed by atoms with van der Waals surface area (Å²) in [6.07, 6.45) is 3.29. The molecule has 6 nitrogen and oxygen atoms in total. The van der Waals surface area contributed by atoms with Crippen molar-refractivity contribution in [3.05, 3.63) is 76.3 Å². The normalized spacial score (nSPS) is 10.8. The number of ether oxygens (including phenoxy) is 2. The largest absolute Gasteiger partial charge is 0.493 e. The summed E-state index contributed by atoms with van der Waals surface area (Å²) in [6, 6.07) is 13.6. The second-order valence-corrected chi connectivity index (χ2v) is 6.74. The predicted molar refractivity (Wildman–Crippen MR) is 111 cm³/mol. The first-order valence-corrected chi connectivity index (χ1v) is 9.16. The standard InChI is InChI=1S/C22H25N3O3/c1-15(2)17-6-8-18(9-7-17)25-12-11-23-21(22(25)26)24-14-16-5-10-19(27-3)20(13-16)28-4/h5-13,15H,14H2,1-4H3,(H,23,24). The van der Waals surface area contributed by atoms with Crippen LogP contribution >= 0.6 is 0 Å². The van der Waals surface area contributed by atoms with E-state index in [0.29, 0.717) is 29.8 Å². The second-order valence-electron chi connectivity index (χ2n) is 6.74. The number of benzene rings is 2. The van der Waals surface area contributed by atoms with Crippen LogP contribution in [0.25, 0.3) is 5.69 Å². The molecule has 0 fully saturated rings. The van der Waals surface area contributed by atoms with Gasteiger partial charge in [0.2, 0.25) is 0 Å². The first kappa shape index (κ1) is 19.5. The van der Waals surface area contributed by atoms with Crippen molar-refractivity contribution >= 4 is 5.82 Å². The summed E-state index contributed by atoms with van der Waals surface area (Å²) in [4.78, 5) is 17.0. The van der Waals surface area contributed by atoms with Crippen LogP contribution in [0, 0.1) is 0 Å². The molecule has 1 aromatic heterocycles. The molecule has 6 heteroatoms. The minimum atomic E-state index is -0.194. The number of hydrogen-bond donors (Lipinski definition) is 1. The lowest BCUT2D eigenvalue weighted by atomic mass is 10.0. The number of nitrogens with one attached hydrogen (secondary N) is 1. The van der Waals surface area contributed by atoms with Gasteiger partial charge in [-0.05, 0) is 41.3 Å². The van der Waals surface area contributed by atoms with E-state index in [1.165, 1.54) is 5.56 Å². The highest BCUT2D eigenvalue weighted by atomic mass is 16.5. The maximum Gasteiger partial charge on any atom is 0.297 e. The lowest BCUT2D eigenvalue weighted by Crippen LogP contribution is -2.23. The van der Waals surface area contributed by atoms with E-state index in [1.807, 2.05) is 42.5 Å². The molecular formula is C22H25N3O3. The zero-order chi connectivity index (χ0) is 20.1. The minimum Gasteiger partial charge on any atom is -0.493 e. The van der Waals surface area contributed by atoms with Crippen LogP contribution in [0.5, 0.6) is 11.5 Å². The Hall–Kier alpha value is -3.28. The summed E-state index contributed by atoms with van der Waals surface area (Å²) in [5.41, 5.74) is 2.81. The molecule has 146 valence electrons. The number of hydrogen-bond acceptors (Lipinski definition) is 5. The first-order chi connectivity index (χ1) is 13.5. The molecule has 0 unspecified atom stereocenters. The van der Waals surface area contributed by atoms with Crippen LogP contribution in [0.4, 0.5) is 5.82 Å². The molecule has 0 saturated carbocycles. The highest BCUT2D eigenvalue weighted by molar-refractivity contribution is 5.45. The van der Waals surface area contributed by atoms with E-state index < -0.39 is 0 Å². The van der Waals surface area contributed by atoms with Gasteiger partial charge < -0.3 is 14.8 Å². The van der Waals surface area contributed by atoms with Crippen LogP contribution in [-0.4, -0.2) is 23.8 Å². The molecule has 0 aliphatic heterocycles. The Morgan fingerprint density at radius 2 is 1.75 bits per heavy atom. The van der Waals surface area contributed by atoms with Crippen molar-refractivity contribution in [1.82, 2.24) is 9.55 Å². The van der Waals surface area contributed by atoms with E-state index in [0.717, 1.165) is 11.3 Å². The van der Waals surface area contributed by atoms with Gasteiger partial charge >= 0.3 is 0 Å². The van der Waals surface area contributed by atoms with Gasteiger partial charge in [0.05, 0.1) is 14.2 Å². The van der Waals surface area contributed by atoms with E-state index in [9.17, 15) is 4.79 Å². The van der Waals surface area contributed by atoms with Crippen molar-refractivity contribution in [1.29, 1.82) is 0 Å². The molecule has 0 aliphatic carbocycles. The Morgan fingerprint density at radius 1 is 1.04 bits per heavy atom. The van der Waals surface area contributed by atoms with Crippen molar-refractivity contribution in [2.24, 2.45) is 0 Å². The number of methoxy groups -OCH3 is 2. The molecule has 3 aromatic rings. The Balaban J connectivity index is 1.81. The molecule has 28 heavy (non-hydrogen) atoms. The van der Waals surface area contributed by atoms with Crippen LogP contribution in [0.3, 0.4) is 0 Å². The highest BCUT2D eigenvalue weighted by Crippen LogP contribution is 2.27. The van der Waals surface area contributed by atoms with E-state index in [-0.39, 0.29) is 5.56 Å². The Bertz CT molecular complexity index is 995. The molecule has 0 aliphatic rings. The number of nitrogens with zero attached hydrogens (tertiary/aromatic N) is 2. The van der Waals surface area contributed by atoms with E-state index >= 15 is 0 Å². The molecule has 3 rings (SSSR count). The maximum absolute atomic E-state index is 12.8. The molecule has 0 atom stereocenters. The Labute approximate surface area is 164 Å².